The molecular formula is C41H69O9P. The molecule has 0 bridgehead atoms. The van der Waals surface area contributed by atoms with Crippen molar-refractivity contribution in [1.82, 2.24) is 0 Å². The third-order valence-corrected chi connectivity index (χ3v) is 8.30. The van der Waals surface area contributed by atoms with Crippen LogP contribution in [0.1, 0.15) is 149 Å². The van der Waals surface area contributed by atoms with E-state index >= 15 is 0 Å². The Morgan fingerprint density at radius 1 is 0.627 bits per heavy atom. The lowest BCUT2D eigenvalue weighted by Crippen LogP contribution is -2.29. The molecule has 0 aromatic heterocycles. The third kappa shape index (κ3) is 38.5. The van der Waals surface area contributed by atoms with E-state index in [4.69, 9.17) is 19.3 Å². The molecule has 0 spiro atoms. The van der Waals surface area contributed by atoms with E-state index in [0.717, 1.165) is 57.8 Å². The summed E-state index contributed by atoms with van der Waals surface area (Å²) in [5.41, 5.74) is 0. The van der Waals surface area contributed by atoms with Gasteiger partial charge in [0.1, 0.15) is 6.61 Å². The van der Waals surface area contributed by atoms with Crippen LogP contribution in [0, 0.1) is 0 Å². The number of allylic oxidation sites excluding steroid dienone is 11. The molecule has 51 heavy (non-hydrogen) atoms. The van der Waals surface area contributed by atoms with Crippen LogP contribution < -0.4 is 0 Å². The SMILES string of the molecule is CC/C=C/C/C=C/C=C/C(O)CCCCCCCC(=O)O[C@H](COC(=O)CCC/C=C\C/C=C\C/C=C\CCCCCCCC)COP(=O)(O)O. The first kappa shape index (κ1) is 48.5. The minimum absolute atomic E-state index is 0.128. The molecule has 0 aromatic rings. The summed E-state index contributed by atoms with van der Waals surface area (Å²) >= 11 is 0. The zero-order valence-electron chi connectivity index (χ0n) is 31.6. The first-order chi connectivity index (χ1) is 24.7. The van der Waals surface area contributed by atoms with Gasteiger partial charge in [0.25, 0.3) is 0 Å². The van der Waals surface area contributed by atoms with Gasteiger partial charge in [0, 0.05) is 12.8 Å². The Bertz CT molecular complexity index is 1070. The van der Waals surface area contributed by atoms with Crippen molar-refractivity contribution in [2.45, 2.75) is 161 Å². The largest absolute Gasteiger partial charge is 0.469 e. The maximum absolute atomic E-state index is 12.4. The summed E-state index contributed by atoms with van der Waals surface area (Å²) in [4.78, 5) is 42.7. The van der Waals surface area contributed by atoms with Crippen LogP contribution in [0.3, 0.4) is 0 Å². The average molecular weight is 737 g/mol. The second-order valence-electron chi connectivity index (χ2n) is 12.7. The Hall–Kier alpha value is -2.55. The second-order valence-corrected chi connectivity index (χ2v) is 14.0. The second kappa shape index (κ2) is 35.8. The minimum Gasteiger partial charge on any atom is -0.462 e. The Morgan fingerprint density at radius 2 is 1.20 bits per heavy atom. The summed E-state index contributed by atoms with van der Waals surface area (Å²) in [5, 5.41) is 10.1. The predicted octanol–water partition coefficient (Wildman–Crippen LogP) is 10.5. The van der Waals surface area contributed by atoms with E-state index in [9.17, 15) is 19.3 Å². The van der Waals surface area contributed by atoms with Gasteiger partial charge in [-0.3, -0.25) is 14.1 Å². The van der Waals surface area contributed by atoms with Crippen LogP contribution in [0.2, 0.25) is 0 Å². The lowest BCUT2D eigenvalue weighted by Gasteiger charge is -2.18. The van der Waals surface area contributed by atoms with E-state index in [1.807, 2.05) is 24.3 Å². The van der Waals surface area contributed by atoms with E-state index < -0.39 is 38.6 Å². The molecule has 0 radical (unpaired) electrons. The highest BCUT2D eigenvalue weighted by atomic mass is 31.2. The molecule has 10 heteroatoms. The maximum Gasteiger partial charge on any atom is 0.469 e. The van der Waals surface area contributed by atoms with Gasteiger partial charge in [0.15, 0.2) is 6.10 Å². The van der Waals surface area contributed by atoms with E-state index in [1.165, 1.54) is 38.5 Å². The number of esters is 2. The fourth-order valence-corrected chi connectivity index (χ4v) is 5.28. The number of unbranched alkanes of at least 4 members (excludes halogenated alkanes) is 11. The molecule has 0 aliphatic rings. The number of rotatable bonds is 34. The van der Waals surface area contributed by atoms with Gasteiger partial charge in [0.05, 0.1) is 12.7 Å². The molecule has 292 valence electrons. The molecule has 0 amide bonds. The first-order valence-corrected chi connectivity index (χ1v) is 20.9. The molecule has 0 aromatic carbocycles. The molecule has 0 saturated carbocycles. The van der Waals surface area contributed by atoms with Crippen molar-refractivity contribution in [3.8, 4) is 0 Å². The van der Waals surface area contributed by atoms with Crippen molar-refractivity contribution in [3.05, 3.63) is 72.9 Å². The summed E-state index contributed by atoms with van der Waals surface area (Å²) in [7, 11) is -4.79. The molecule has 2 atom stereocenters. The summed E-state index contributed by atoms with van der Waals surface area (Å²) in [5.74, 6) is -1.03. The summed E-state index contributed by atoms with van der Waals surface area (Å²) in [6.45, 7) is 3.40. The Labute approximate surface area is 309 Å². The fraction of sp³-hybridized carbons (Fsp3) is 0.659. The molecule has 0 aliphatic heterocycles. The smallest absolute Gasteiger partial charge is 0.462 e. The lowest BCUT2D eigenvalue weighted by molar-refractivity contribution is -0.161. The van der Waals surface area contributed by atoms with Crippen LogP contribution in [0.15, 0.2) is 72.9 Å². The maximum atomic E-state index is 12.4. The van der Waals surface area contributed by atoms with Gasteiger partial charge in [-0.25, -0.2) is 4.57 Å². The van der Waals surface area contributed by atoms with Crippen LogP contribution in [0.4, 0.5) is 0 Å². The normalized spacial score (nSPS) is 13.9. The van der Waals surface area contributed by atoms with Crippen LogP contribution in [-0.4, -0.2) is 52.3 Å². The van der Waals surface area contributed by atoms with Crippen LogP contribution >= 0.6 is 7.82 Å². The van der Waals surface area contributed by atoms with Crippen LogP contribution in [0.25, 0.3) is 0 Å². The van der Waals surface area contributed by atoms with Crippen molar-refractivity contribution in [2.24, 2.45) is 0 Å². The van der Waals surface area contributed by atoms with E-state index in [1.54, 1.807) is 6.08 Å². The molecule has 0 rings (SSSR count). The van der Waals surface area contributed by atoms with Crippen molar-refractivity contribution >= 4 is 19.8 Å². The highest BCUT2D eigenvalue weighted by molar-refractivity contribution is 7.46. The zero-order chi connectivity index (χ0) is 37.7. The number of ether oxygens (including phenoxy) is 2. The van der Waals surface area contributed by atoms with Crippen molar-refractivity contribution < 1.29 is 43.0 Å². The Morgan fingerprint density at radius 3 is 1.88 bits per heavy atom. The lowest BCUT2D eigenvalue weighted by atomic mass is 10.1. The molecule has 0 fully saturated rings. The number of carbonyl (C=O) groups is 2. The van der Waals surface area contributed by atoms with Gasteiger partial charge in [0.2, 0.25) is 0 Å². The molecule has 0 heterocycles. The van der Waals surface area contributed by atoms with Gasteiger partial charge >= 0.3 is 19.8 Å². The minimum atomic E-state index is -4.79. The zero-order valence-corrected chi connectivity index (χ0v) is 32.5. The Balaban J connectivity index is 4.15. The summed E-state index contributed by atoms with van der Waals surface area (Å²) in [6, 6.07) is 0. The quantitative estimate of drug-likeness (QED) is 0.0194. The highest BCUT2D eigenvalue weighted by Crippen LogP contribution is 2.36. The topological polar surface area (TPSA) is 140 Å². The number of hydrogen-bond donors (Lipinski definition) is 3. The van der Waals surface area contributed by atoms with Crippen LogP contribution in [-0.2, 0) is 28.2 Å². The number of phosphoric ester groups is 1. The first-order valence-electron chi connectivity index (χ1n) is 19.3. The highest BCUT2D eigenvalue weighted by Gasteiger charge is 2.22. The van der Waals surface area contributed by atoms with E-state index in [0.29, 0.717) is 25.7 Å². The van der Waals surface area contributed by atoms with Gasteiger partial charge in [-0.2, -0.15) is 0 Å². The van der Waals surface area contributed by atoms with Crippen molar-refractivity contribution in [2.75, 3.05) is 13.2 Å². The monoisotopic (exact) mass is 736 g/mol. The van der Waals surface area contributed by atoms with E-state index in [2.05, 4.69) is 60.9 Å². The number of carbonyl (C=O) groups excluding carboxylic acids is 2. The third-order valence-electron chi connectivity index (χ3n) is 7.81. The predicted molar refractivity (Wildman–Crippen MR) is 208 cm³/mol. The summed E-state index contributed by atoms with van der Waals surface area (Å²) < 4.78 is 26.2. The molecule has 0 saturated heterocycles. The van der Waals surface area contributed by atoms with Crippen molar-refractivity contribution in [3.63, 3.8) is 0 Å². The van der Waals surface area contributed by atoms with Gasteiger partial charge in [-0.15, -0.1) is 0 Å². The van der Waals surface area contributed by atoms with Gasteiger partial charge in [-0.1, -0.05) is 145 Å². The molecule has 1 unspecified atom stereocenters. The number of aliphatic hydroxyl groups is 1. The summed E-state index contributed by atoms with van der Waals surface area (Å²) in [6.07, 6.45) is 42.2. The van der Waals surface area contributed by atoms with Crippen LogP contribution in [0.5, 0.6) is 0 Å². The molecule has 0 aliphatic carbocycles. The van der Waals surface area contributed by atoms with Gasteiger partial charge < -0.3 is 24.4 Å². The Kier molecular flexibility index (Phi) is 34.0. The standard InChI is InChI=1S/C41H69O9P/c1-3-5-7-9-11-12-13-14-15-16-17-18-19-20-22-26-30-34-40(43)48-36-39(37-49-51(45,46)47)50-41(44)35-31-27-23-25-29-33-38(42)32-28-24-21-10-8-6-4-2/h6,8,14-15,17-18,20-22,24,28,32,38-39,42H,3-5,7,9-13,16,19,23,25-27,29-31,33-37H2,1-2H3,(H2,45,46,47)/b8-6+,15-14-,18-17-,22-20-,24-21+,32-28+/t38?,39-/m1/s1. The molecule has 3 N–H and O–H groups in total. The van der Waals surface area contributed by atoms with Gasteiger partial charge in [-0.05, 0) is 64.2 Å². The van der Waals surface area contributed by atoms with Crippen molar-refractivity contribution in [1.29, 1.82) is 0 Å². The molecule has 9 nitrogen and oxygen atoms in total. The number of hydrogen-bond acceptors (Lipinski definition) is 7. The molecular weight excluding hydrogens is 667 g/mol. The fourth-order valence-electron chi connectivity index (χ4n) is 4.92. The number of phosphoric acid groups is 1. The number of aliphatic hydroxyl groups excluding tert-OH is 1. The van der Waals surface area contributed by atoms with E-state index in [-0.39, 0.29) is 19.4 Å². The average Bonchev–Trinajstić information content (AvgIpc) is 3.09.